The first-order valence-electron chi connectivity index (χ1n) is 8.03. The first kappa shape index (κ1) is 15.8. The Balaban J connectivity index is 1.80. The zero-order valence-corrected chi connectivity index (χ0v) is 14.5. The number of ether oxygens (including phenoxy) is 1. The third kappa shape index (κ3) is 2.70. The number of hydrogen-bond donors (Lipinski definition) is 0. The summed E-state index contributed by atoms with van der Waals surface area (Å²) in [5.74, 6) is 0. The molecule has 1 aliphatic heterocycles. The topological polar surface area (TPSA) is 55.7 Å². The maximum absolute atomic E-state index is 13.1. The molecule has 0 radical (unpaired) electrons. The second kappa shape index (κ2) is 6.01. The minimum absolute atomic E-state index is 0.260. The van der Waals surface area contributed by atoms with Crippen molar-refractivity contribution < 1.29 is 13.2 Å². The Bertz CT molecular complexity index is 1050. The molecule has 0 aliphatic carbocycles. The fraction of sp³-hybridized carbons (Fsp3) is 0.150. The van der Waals surface area contributed by atoms with Crippen molar-refractivity contribution in [3.8, 4) is 0 Å². The standard InChI is InChI=1S/C20H17NO3S/c1-14-9-11-16(12-10-14)25(22,23)20-19(24-13-21-20)18-8-4-6-15-5-2-3-7-17(15)18/h2-13,19-20H,1H3/t19-,20-/m0/s1. The minimum atomic E-state index is -3.64. The summed E-state index contributed by atoms with van der Waals surface area (Å²) in [5, 5.41) is 1.03. The van der Waals surface area contributed by atoms with Crippen LogP contribution in [0, 0.1) is 6.92 Å². The van der Waals surface area contributed by atoms with E-state index in [1.165, 1.54) is 6.40 Å². The zero-order valence-electron chi connectivity index (χ0n) is 13.7. The van der Waals surface area contributed by atoms with E-state index in [0.29, 0.717) is 0 Å². The molecule has 3 aromatic carbocycles. The lowest BCUT2D eigenvalue weighted by Crippen LogP contribution is -2.24. The maximum Gasteiger partial charge on any atom is 0.205 e. The number of hydrogen-bond acceptors (Lipinski definition) is 4. The Morgan fingerprint density at radius 3 is 2.44 bits per heavy atom. The van der Waals surface area contributed by atoms with Crippen LogP contribution in [0.1, 0.15) is 17.2 Å². The van der Waals surface area contributed by atoms with Crippen LogP contribution in [0.15, 0.2) is 76.6 Å². The molecule has 1 aliphatic rings. The normalized spacial score (nSPS) is 19.9. The summed E-state index contributed by atoms with van der Waals surface area (Å²) in [4.78, 5) is 4.40. The molecule has 1 heterocycles. The summed E-state index contributed by atoms with van der Waals surface area (Å²) >= 11 is 0. The van der Waals surface area contributed by atoms with E-state index in [0.717, 1.165) is 21.9 Å². The van der Waals surface area contributed by atoms with Crippen molar-refractivity contribution in [1.82, 2.24) is 0 Å². The SMILES string of the molecule is Cc1ccc(S(=O)(=O)[C@@H]2N=CO[C@H]2c2cccc3ccccc23)cc1. The molecule has 0 saturated heterocycles. The number of aliphatic imine (C=N–C) groups is 1. The molecule has 0 bridgehead atoms. The van der Waals surface area contributed by atoms with Gasteiger partial charge in [-0.3, -0.25) is 0 Å². The fourth-order valence-corrected chi connectivity index (χ4v) is 4.68. The van der Waals surface area contributed by atoms with E-state index in [4.69, 9.17) is 4.74 Å². The van der Waals surface area contributed by atoms with Gasteiger partial charge in [0.05, 0.1) is 4.90 Å². The summed E-state index contributed by atoms with van der Waals surface area (Å²) in [6.07, 6.45) is 0.598. The van der Waals surface area contributed by atoms with E-state index in [1.807, 2.05) is 49.4 Å². The number of rotatable bonds is 3. The molecule has 0 N–H and O–H groups in total. The van der Waals surface area contributed by atoms with E-state index in [9.17, 15) is 8.42 Å². The number of fused-ring (bicyclic) bond motifs is 1. The highest BCUT2D eigenvalue weighted by atomic mass is 32.2. The van der Waals surface area contributed by atoms with Crippen LogP contribution in [0.5, 0.6) is 0 Å². The van der Waals surface area contributed by atoms with E-state index in [1.54, 1.807) is 24.3 Å². The van der Waals surface area contributed by atoms with E-state index in [2.05, 4.69) is 4.99 Å². The lowest BCUT2D eigenvalue weighted by molar-refractivity contribution is 0.229. The number of aryl methyl sites for hydroxylation is 1. The molecular formula is C20H17NO3S. The van der Waals surface area contributed by atoms with Gasteiger partial charge in [-0.1, -0.05) is 60.2 Å². The van der Waals surface area contributed by atoms with Gasteiger partial charge in [0, 0.05) is 5.56 Å². The molecule has 5 heteroatoms. The van der Waals surface area contributed by atoms with Crippen LogP contribution in [-0.2, 0) is 14.6 Å². The molecule has 0 spiro atoms. The Hall–Kier alpha value is -2.66. The molecule has 3 aromatic rings. The van der Waals surface area contributed by atoms with Gasteiger partial charge in [0.15, 0.2) is 17.9 Å². The van der Waals surface area contributed by atoms with Gasteiger partial charge in [0.25, 0.3) is 0 Å². The van der Waals surface area contributed by atoms with Crippen molar-refractivity contribution in [1.29, 1.82) is 0 Å². The van der Waals surface area contributed by atoms with Crippen LogP contribution in [0.3, 0.4) is 0 Å². The third-order valence-corrected chi connectivity index (χ3v) is 6.41. The molecule has 0 aromatic heterocycles. The average Bonchev–Trinajstić information content (AvgIpc) is 3.12. The van der Waals surface area contributed by atoms with Gasteiger partial charge in [-0.15, -0.1) is 0 Å². The van der Waals surface area contributed by atoms with Gasteiger partial charge < -0.3 is 4.74 Å². The number of benzene rings is 3. The summed E-state index contributed by atoms with van der Waals surface area (Å²) in [6, 6.07) is 20.5. The van der Waals surface area contributed by atoms with Gasteiger partial charge in [-0.05, 0) is 29.8 Å². The van der Waals surface area contributed by atoms with Crippen LogP contribution in [0.2, 0.25) is 0 Å². The molecule has 126 valence electrons. The smallest absolute Gasteiger partial charge is 0.205 e. The summed E-state index contributed by atoms with van der Waals surface area (Å²) in [6.45, 7) is 1.92. The average molecular weight is 351 g/mol. The summed E-state index contributed by atoms with van der Waals surface area (Å²) in [7, 11) is -3.64. The van der Waals surface area contributed by atoms with E-state index >= 15 is 0 Å². The Morgan fingerprint density at radius 2 is 1.64 bits per heavy atom. The fourth-order valence-electron chi connectivity index (χ4n) is 3.14. The largest absolute Gasteiger partial charge is 0.472 e. The quantitative estimate of drug-likeness (QED) is 0.715. The Labute approximate surface area is 146 Å². The van der Waals surface area contributed by atoms with Crippen LogP contribution in [0.25, 0.3) is 10.8 Å². The minimum Gasteiger partial charge on any atom is -0.472 e. The predicted octanol–water partition coefficient (Wildman–Crippen LogP) is 4.05. The predicted molar refractivity (Wildman–Crippen MR) is 98.4 cm³/mol. The van der Waals surface area contributed by atoms with Crippen LogP contribution in [-0.4, -0.2) is 20.2 Å². The number of sulfone groups is 1. The van der Waals surface area contributed by atoms with Crippen molar-refractivity contribution in [3.05, 3.63) is 77.9 Å². The molecule has 0 saturated carbocycles. The van der Waals surface area contributed by atoms with Gasteiger partial charge in [0.1, 0.15) is 0 Å². The van der Waals surface area contributed by atoms with Crippen LogP contribution < -0.4 is 0 Å². The van der Waals surface area contributed by atoms with Gasteiger partial charge in [-0.2, -0.15) is 0 Å². The maximum atomic E-state index is 13.1. The first-order chi connectivity index (χ1) is 12.1. The molecule has 0 fully saturated rings. The second-order valence-corrected chi connectivity index (χ2v) is 8.17. The highest BCUT2D eigenvalue weighted by Gasteiger charge is 2.40. The highest BCUT2D eigenvalue weighted by Crippen LogP contribution is 2.36. The number of nitrogens with zero attached hydrogens (tertiary/aromatic N) is 1. The van der Waals surface area contributed by atoms with Crippen molar-refractivity contribution in [2.24, 2.45) is 4.99 Å². The Kier molecular flexibility index (Phi) is 3.81. The van der Waals surface area contributed by atoms with E-state index in [-0.39, 0.29) is 4.90 Å². The highest BCUT2D eigenvalue weighted by molar-refractivity contribution is 7.92. The lowest BCUT2D eigenvalue weighted by atomic mass is 10.0. The summed E-state index contributed by atoms with van der Waals surface area (Å²) in [5.41, 5.74) is 1.84. The van der Waals surface area contributed by atoms with Gasteiger partial charge >= 0.3 is 0 Å². The molecule has 25 heavy (non-hydrogen) atoms. The van der Waals surface area contributed by atoms with Crippen LogP contribution in [0.4, 0.5) is 0 Å². The first-order valence-corrected chi connectivity index (χ1v) is 9.57. The lowest BCUT2D eigenvalue weighted by Gasteiger charge is -2.19. The monoisotopic (exact) mass is 351 g/mol. The van der Waals surface area contributed by atoms with Crippen molar-refractivity contribution in [2.45, 2.75) is 23.3 Å². The molecule has 4 nitrogen and oxygen atoms in total. The van der Waals surface area contributed by atoms with Crippen LogP contribution >= 0.6 is 0 Å². The van der Waals surface area contributed by atoms with E-state index < -0.39 is 21.3 Å². The Morgan fingerprint density at radius 1 is 0.920 bits per heavy atom. The molecule has 0 amide bonds. The zero-order chi connectivity index (χ0) is 17.4. The molecule has 0 unspecified atom stereocenters. The van der Waals surface area contributed by atoms with Gasteiger partial charge in [0.2, 0.25) is 9.84 Å². The van der Waals surface area contributed by atoms with Crippen molar-refractivity contribution in [2.75, 3.05) is 0 Å². The molecular weight excluding hydrogens is 334 g/mol. The molecule has 2 atom stereocenters. The van der Waals surface area contributed by atoms with Gasteiger partial charge in [-0.25, -0.2) is 13.4 Å². The third-order valence-electron chi connectivity index (χ3n) is 4.47. The molecule has 4 rings (SSSR count). The van der Waals surface area contributed by atoms with Crippen molar-refractivity contribution >= 4 is 27.0 Å². The summed E-state index contributed by atoms with van der Waals surface area (Å²) < 4.78 is 31.8. The second-order valence-electron chi connectivity index (χ2n) is 6.13. The van der Waals surface area contributed by atoms with Crippen molar-refractivity contribution in [3.63, 3.8) is 0 Å².